The van der Waals surface area contributed by atoms with Gasteiger partial charge in [-0.3, -0.25) is 4.79 Å². The largest absolute Gasteiger partial charge is 0.481 e. The van der Waals surface area contributed by atoms with Crippen LogP contribution in [-0.2, 0) is 27.2 Å². The van der Waals surface area contributed by atoms with Crippen molar-refractivity contribution in [3.05, 3.63) is 29.1 Å². The number of carbonyl (C=O) groups is 2. The zero-order valence-electron chi connectivity index (χ0n) is 20.9. The minimum absolute atomic E-state index is 0.248. The van der Waals surface area contributed by atoms with Gasteiger partial charge in [0.1, 0.15) is 5.82 Å². The van der Waals surface area contributed by atoms with Gasteiger partial charge < -0.3 is 24.0 Å². The summed E-state index contributed by atoms with van der Waals surface area (Å²) in [6.07, 6.45) is 6.92. The number of benzene rings is 1. The first kappa shape index (κ1) is 24.1. The third kappa shape index (κ3) is 4.77. The number of hydrogen-bond donors (Lipinski definition) is 1. The number of fused-ring (bicyclic) bond motifs is 3. The molecule has 1 amide bonds. The maximum Gasteiger partial charge on any atom is 0.409 e. The van der Waals surface area contributed by atoms with E-state index >= 15 is 0 Å². The molecular formula is C27H37N3O5. The second kappa shape index (κ2) is 10.2. The zero-order valence-corrected chi connectivity index (χ0v) is 20.9. The number of imidazole rings is 1. The van der Waals surface area contributed by atoms with E-state index in [1.54, 1.807) is 4.90 Å². The summed E-state index contributed by atoms with van der Waals surface area (Å²) >= 11 is 0. The Morgan fingerprint density at radius 2 is 2.03 bits per heavy atom. The molecule has 8 heteroatoms. The lowest BCUT2D eigenvalue weighted by Gasteiger charge is -2.30. The average molecular weight is 484 g/mol. The summed E-state index contributed by atoms with van der Waals surface area (Å²) in [5.41, 5.74) is 4.47. The van der Waals surface area contributed by atoms with Gasteiger partial charge in [-0.15, -0.1) is 0 Å². The highest BCUT2D eigenvalue weighted by Crippen LogP contribution is 2.40. The molecule has 0 radical (unpaired) electrons. The number of carboxylic acid groups (broad SMARTS) is 1. The van der Waals surface area contributed by atoms with E-state index in [1.165, 1.54) is 19.1 Å². The third-order valence-corrected chi connectivity index (χ3v) is 8.34. The molecule has 3 heterocycles. The molecule has 1 N–H and O–H groups in total. The summed E-state index contributed by atoms with van der Waals surface area (Å²) in [6.45, 7) is 5.12. The highest BCUT2D eigenvalue weighted by molar-refractivity contribution is 5.82. The molecule has 1 aromatic carbocycles. The van der Waals surface area contributed by atoms with Crippen molar-refractivity contribution in [2.24, 2.45) is 11.8 Å². The second-order valence-corrected chi connectivity index (χ2v) is 10.6. The van der Waals surface area contributed by atoms with Crippen LogP contribution in [0.1, 0.15) is 80.8 Å². The van der Waals surface area contributed by atoms with Crippen molar-refractivity contribution in [3.8, 4) is 0 Å². The molecule has 35 heavy (non-hydrogen) atoms. The van der Waals surface area contributed by atoms with Crippen molar-refractivity contribution in [1.82, 2.24) is 14.5 Å². The van der Waals surface area contributed by atoms with Crippen LogP contribution in [0.25, 0.3) is 11.0 Å². The lowest BCUT2D eigenvalue weighted by Crippen LogP contribution is -2.35. The molecule has 3 aliphatic rings. The average Bonchev–Trinajstić information content (AvgIpc) is 3.29. The number of methoxy groups -OCH3 is 1. The smallest absolute Gasteiger partial charge is 0.409 e. The maximum atomic E-state index is 12.3. The molecule has 190 valence electrons. The number of amides is 1. The normalized spacial score (nSPS) is 25.8. The van der Waals surface area contributed by atoms with Gasteiger partial charge in [-0.1, -0.05) is 6.07 Å². The first-order valence-corrected chi connectivity index (χ1v) is 13.1. The quantitative estimate of drug-likeness (QED) is 0.650. The standard InChI is InChI=1S/C27H37N3O5/c1-17(14-18-4-3-13-35-16-18)30-23-10-9-19-11-12-29(27(33)34-2)15-22(19)24(23)28-25(30)20-5-7-21(8-6-20)26(31)32/h9-10,17-18,20-21H,3-8,11-16H2,1-2H3,(H,31,32)/t17-,18-,20?,21?/m0/s1. The van der Waals surface area contributed by atoms with E-state index in [9.17, 15) is 14.7 Å². The number of rotatable bonds is 5. The fourth-order valence-corrected chi connectivity index (χ4v) is 6.43. The Balaban J connectivity index is 1.52. The number of hydrogen-bond acceptors (Lipinski definition) is 5. The van der Waals surface area contributed by atoms with Gasteiger partial charge in [0.25, 0.3) is 0 Å². The summed E-state index contributed by atoms with van der Waals surface area (Å²) in [6, 6.07) is 4.67. The van der Waals surface area contributed by atoms with Gasteiger partial charge in [-0.05, 0) is 75.8 Å². The molecule has 1 aromatic heterocycles. The van der Waals surface area contributed by atoms with E-state index in [-0.39, 0.29) is 24.0 Å². The first-order valence-electron chi connectivity index (χ1n) is 13.1. The Morgan fingerprint density at radius 1 is 1.23 bits per heavy atom. The fourth-order valence-electron chi connectivity index (χ4n) is 6.43. The molecule has 2 aliphatic heterocycles. The molecule has 2 fully saturated rings. The van der Waals surface area contributed by atoms with Crippen molar-refractivity contribution >= 4 is 23.1 Å². The molecular weight excluding hydrogens is 446 g/mol. The van der Waals surface area contributed by atoms with E-state index in [1.807, 2.05) is 0 Å². The van der Waals surface area contributed by atoms with Gasteiger partial charge in [0.15, 0.2) is 0 Å². The van der Waals surface area contributed by atoms with Gasteiger partial charge >= 0.3 is 12.1 Å². The molecule has 5 rings (SSSR count). The molecule has 1 saturated heterocycles. The van der Waals surface area contributed by atoms with E-state index in [0.29, 0.717) is 31.8 Å². The fraction of sp³-hybridized carbons (Fsp3) is 0.667. The van der Waals surface area contributed by atoms with E-state index < -0.39 is 5.97 Å². The highest BCUT2D eigenvalue weighted by atomic mass is 16.5. The Kier molecular flexibility index (Phi) is 7.00. The van der Waals surface area contributed by atoms with Crippen molar-refractivity contribution in [2.45, 2.75) is 76.8 Å². The molecule has 2 aromatic rings. The summed E-state index contributed by atoms with van der Waals surface area (Å²) in [5, 5.41) is 9.48. The Labute approximate surface area is 206 Å². The lowest BCUT2D eigenvalue weighted by atomic mass is 9.81. The first-order chi connectivity index (χ1) is 17.0. The van der Waals surface area contributed by atoms with E-state index in [0.717, 1.165) is 67.7 Å². The number of aliphatic carboxylic acids is 1. The minimum Gasteiger partial charge on any atom is -0.481 e. The maximum absolute atomic E-state index is 12.3. The summed E-state index contributed by atoms with van der Waals surface area (Å²) in [4.78, 5) is 30.8. The highest BCUT2D eigenvalue weighted by Gasteiger charge is 2.33. The Hall–Kier alpha value is -2.61. The van der Waals surface area contributed by atoms with Crippen LogP contribution in [0.15, 0.2) is 12.1 Å². The minimum atomic E-state index is -0.681. The van der Waals surface area contributed by atoms with Crippen LogP contribution in [0, 0.1) is 11.8 Å². The zero-order chi connectivity index (χ0) is 24.5. The topological polar surface area (TPSA) is 93.9 Å². The number of ether oxygens (including phenoxy) is 2. The summed E-state index contributed by atoms with van der Waals surface area (Å²) < 4.78 is 13.2. The third-order valence-electron chi connectivity index (χ3n) is 8.34. The molecule has 0 spiro atoms. The van der Waals surface area contributed by atoms with Crippen LogP contribution < -0.4 is 0 Å². The molecule has 2 atom stereocenters. The monoisotopic (exact) mass is 483 g/mol. The van der Waals surface area contributed by atoms with Crippen LogP contribution in [0.4, 0.5) is 4.79 Å². The molecule has 1 saturated carbocycles. The van der Waals surface area contributed by atoms with Crippen LogP contribution >= 0.6 is 0 Å². The van der Waals surface area contributed by atoms with Gasteiger partial charge in [-0.25, -0.2) is 9.78 Å². The van der Waals surface area contributed by atoms with Gasteiger partial charge in [-0.2, -0.15) is 0 Å². The molecule has 0 unspecified atom stereocenters. The predicted octanol–water partition coefficient (Wildman–Crippen LogP) is 4.90. The van der Waals surface area contributed by atoms with Gasteiger partial charge in [0.2, 0.25) is 0 Å². The van der Waals surface area contributed by atoms with Crippen molar-refractivity contribution in [3.63, 3.8) is 0 Å². The summed E-state index contributed by atoms with van der Waals surface area (Å²) in [5.74, 6) is 0.941. The lowest BCUT2D eigenvalue weighted by molar-refractivity contribution is -0.142. The van der Waals surface area contributed by atoms with Crippen molar-refractivity contribution in [1.29, 1.82) is 0 Å². The SMILES string of the molecule is COC(=O)N1CCc2ccc3c(nc(C4CCC(C(=O)O)CC4)n3[C@@H](C)C[C@@H]3CCCOC3)c2C1. The number of carbonyl (C=O) groups excluding carboxylic acids is 1. The Bertz CT molecular complexity index is 1080. The van der Waals surface area contributed by atoms with Crippen LogP contribution in [0.2, 0.25) is 0 Å². The Morgan fingerprint density at radius 3 is 2.71 bits per heavy atom. The molecule has 8 nitrogen and oxygen atoms in total. The van der Waals surface area contributed by atoms with E-state index in [2.05, 4.69) is 23.6 Å². The van der Waals surface area contributed by atoms with Crippen LogP contribution in [-0.4, -0.2) is 58.5 Å². The predicted molar refractivity (Wildman–Crippen MR) is 131 cm³/mol. The van der Waals surface area contributed by atoms with Crippen molar-refractivity contribution < 1.29 is 24.2 Å². The van der Waals surface area contributed by atoms with Crippen LogP contribution in [0.3, 0.4) is 0 Å². The van der Waals surface area contributed by atoms with Crippen LogP contribution in [0.5, 0.6) is 0 Å². The van der Waals surface area contributed by atoms with Gasteiger partial charge in [0, 0.05) is 37.3 Å². The molecule has 1 aliphatic carbocycles. The summed E-state index contributed by atoms with van der Waals surface area (Å²) in [7, 11) is 1.43. The number of carboxylic acids is 1. The number of aromatic nitrogens is 2. The second-order valence-electron chi connectivity index (χ2n) is 10.6. The number of nitrogens with zero attached hydrogens (tertiary/aromatic N) is 3. The molecule has 0 bridgehead atoms. The van der Waals surface area contributed by atoms with E-state index in [4.69, 9.17) is 14.5 Å². The van der Waals surface area contributed by atoms with Gasteiger partial charge in [0.05, 0.1) is 30.6 Å². The van der Waals surface area contributed by atoms with Crippen molar-refractivity contribution in [2.75, 3.05) is 26.9 Å².